The average Bonchev–Trinajstić information content (AvgIpc) is 2.54. The predicted molar refractivity (Wildman–Crippen MR) is 78.5 cm³/mol. The molecule has 0 saturated carbocycles. The van der Waals surface area contributed by atoms with Gasteiger partial charge in [0.05, 0.1) is 18.2 Å². The van der Waals surface area contributed by atoms with Crippen molar-refractivity contribution in [3.63, 3.8) is 0 Å². The van der Waals surface area contributed by atoms with Gasteiger partial charge in [0.1, 0.15) is 0 Å². The third-order valence-corrected chi connectivity index (χ3v) is 3.24. The molecule has 2 aromatic carbocycles. The molecule has 0 fully saturated rings. The van der Waals surface area contributed by atoms with Gasteiger partial charge in [-0.25, -0.2) is 4.79 Å². The number of methoxy groups -OCH3 is 1. The van der Waals surface area contributed by atoms with Crippen LogP contribution in [-0.4, -0.2) is 18.1 Å². The zero-order valence-electron chi connectivity index (χ0n) is 11.0. The van der Waals surface area contributed by atoms with E-state index in [-0.39, 0.29) is 5.97 Å². The number of rotatable bonds is 2. The lowest BCUT2D eigenvalue weighted by molar-refractivity contribution is 0.0601. The summed E-state index contributed by atoms with van der Waals surface area (Å²) >= 11 is 0. The zero-order chi connectivity index (χ0) is 13.9. The van der Waals surface area contributed by atoms with Crippen LogP contribution in [0.5, 0.6) is 0 Å². The summed E-state index contributed by atoms with van der Waals surface area (Å²) < 4.78 is 4.69. The average molecular weight is 263 g/mol. The lowest BCUT2D eigenvalue weighted by Crippen LogP contribution is -2.00. The van der Waals surface area contributed by atoms with Crippen LogP contribution in [0.4, 0.5) is 0 Å². The van der Waals surface area contributed by atoms with Crippen LogP contribution in [0, 0.1) is 0 Å². The highest BCUT2D eigenvalue weighted by Crippen LogP contribution is 2.23. The van der Waals surface area contributed by atoms with Crippen molar-refractivity contribution in [1.29, 1.82) is 0 Å². The van der Waals surface area contributed by atoms with Crippen LogP contribution in [0.3, 0.4) is 0 Å². The van der Waals surface area contributed by atoms with E-state index in [2.05, 4.69) is 11.1 Å². The maximum Gasteiger partial charge on any atom is 0.337 e. The number of carbonyl (C=O) groups is 1. The molecule has 0 saturated heterocycles. The number of benzene rings is 2. The molecule has 20 heavy (non-hydrogen) atoms. The summed E-state index contributed by atoms with van der Waals surface area (Å²) in [6.45, 7) is 0. The highest BCUT2D eigenvalue weighted by Gasteiger charge is 2.05. The summed E-state index contributed by atoms with van der Waals surface area (Å²) in [5.74, 6) is -0.320. The first-order valence-corrected chi connectivity index (χ1v) is 6.31. The second-order valence-electron chi connectivity index (χ2n) is 4.48. The molecule has 3 heteroatoms. The fourth-order valence-electron chi connectivity index (χ4n) is 2.17. The largest absolute Gasteiger partial charge is 0.465 e. The van der Waals surface area contributed by atoms with Crippen molar-refractivity contribution in [1.82, 2.24) is 4.98 Å². The van der Waals surface area contributed by atoms with Gasteiger partial charge in [-0.2, -0.15) is 0 Å². The van der Waals surface area contributed by atoms with Crippen molar-refractivity contribution in [3.8, 4) is 11.1 Å². The molecule has 0 aliphatic heterocycles. The molecule has 0 radical (unpaired) electrons. The van der Waals surface area contributed by atoms with Gasteiger partial charge in [-0.05, 0) is 41.5 Å². The first-order valence-electron chi connectivity index (χ1n) is 6.31. The van der Waals surface area contributed by atoms with Crippen molar-refractivity contribution < 1.29 is 9.53 Å². The van der Waals surface area contributed by atoms with Gasteiger partial charge in [-0.3, -0.25) is 4.98 Å². The molecule has 0 spiro atoms. The van der Waals surface area contributed by atoms with Crippen LogP contribution in [-0.2, 0) is 4.74 Å². The zero-order valence-corrected chi connectivity index (χ0v) is 11.0. The molecule has 1 heterocycles. The minimum Gasteiger partial charge on any atom is -0.465 e. The molecule has 3 rings (SSSR count). The predicted octanol–water partition coefficient (Wildman–Crippen LogP) is 3.69. The smallest absolute Gasteiger partial charge is 0.337 e. The van der Waals surface area contributed by atoms with Gasteiger partial charge < -0.3 is 4.74 Å². The van der Waals surface area contributed by atoms with E-state index < -0.39 is 0 Å². The number of carbonyl (C=O) groups excluding carboxylic acids is 1. The van der Waals surface area contributed by atoms with Crippen LogP contribution >= 0.6 is 0 Å². The van der Waals surface area contributed by atoms with Gasteiger partial charge in [-0.15, -0.1) is 0 Å². The molecule has 0 amide bonds. The maximum atomic E-state index is 11.4. The number of aromatic nitrogens is 1. The highest BCUT2D eigenvalue weighted by atomic mass is 16.5. The fraction of sp³-hybridized carbons (Fsp3) is 0.0588. The topological polar surface area (TPSA) is 39.2 Å². The minimum absolute atomic E-state index is 0.320. The number of fused-ring (bicyclic) bond motifs is 1. The van der Waals surface area contributed by atoms with Crippen molar-refractivity contribution in [3.05, 3.63) is 66.4 Å². The standard InChI is InChI=1S/C17H13NO2/c1-20-17(19)13-6-4-12(5-7-13)14-8-9-16-15(11-14)3-2-10-18-16/h2-11H,1H3. The van der Waals surface area contributed by atoms with E-state index in [1.165, 1.54) is 7.11 Å². The van der Waals surface area contributed by atoms with Gasteiger partial charge in [0.2, 0.25) is 0 Å². The Morgan fingerprint density at radius 3 is 2.50 bits per heavy atom. The van der Waals surface area contributed by atoms with Gasteiger partial charge in [0.15, 0.2) is 0 Å². The minimum atomic E-state index is -0.320. The van der Waals surface area contributed by atoms with E-state index in [9.17, 15) is 4.79 Å². The highest BCUT2D eigenvalue weighted by molar-refractivity contribution is 5.90. The van der Waals surface area contributed by atoms with Gasteiger partial charge in [0.25, 0.3) is 0 Å². The Hall–Kier alpha value is -2.68. The van der Waals surface area contributed by atoms with Crippen LogP contribution < -0.4 is 0 Å². The Kier molecular flexibility index (Phi) is 3.17. The molecular weight excluding hydrogens is 250 g/mol. The molecule has 0 N–H and O–H groups in total. The van der Waals surface area contributed by atoms with Gasteiger partial charge >= 0.3 is 5.97 Å². The third-order valence-electron chi connectivity index (χ3n) is 3.24. The molecule has 1 aromatic heterocycles. The van der Waals surface area contributed by atoms with E-state index in [4.69, 9.17) is 4.74 Å². The van der Waals surface area contributed by atoms with Crippen LogP contribution in [0.25, 0.3) is 22.0 Å². The molecule has 3 nitrogen and oxygen atoms in total. The summed E-state index contributed by atoms with van der Waals surface area (Å²) in [6.07, 6.45) is 1.78. The lowest BCUT2D eigenvalue weighted by atomic mass is 10.0. The molecular formula is C17H13NO2. The Morgan fingerprint density at radius 1 is 1.00 bits per heavy atom. The Labute approximate surface area is 116 Å². The summed E-state index contributed by atoms with van der Waals surface area (Å²) in [7, 11) is 1.38. The molecule has 0 aliphatic carbocycles. The summed E-state index contributed by atoms with van der Waals surface area (Å²) in [5, 5.41) is 1.10. The van der Waals surface area contributed by atoms with E-state index in [1.54, 1.807) is 18.3 Å². The molecule has 0 bridgehead atoms. The number of nitrogens with zero attached hydrogens (tertiary/aromatic N) is 1. The molecule has 3 aromatic rings. The van der Waals surface area contributed by atoms with Crippen LogP contribution in [0.2, 0.25) is 0 Å². The Balaban J connectivity index is 2.00. The number of ether oxygens (including phenoxy) is 1. The summed E-state index contributed by atoms with van der Waals surface area (Å²) in [6, 6.07) is 17.5. The molecule has 0 aliphatic rings. The van der Waals surface area contributed by atoms with Gasteiger partial charge in [0, 0.05) is 11.6 Å². The van der Waals surface area contributed by atoms with Crippen molar-refractivity contribution in [2.75, 3.05) is 7.11 Å². The second kappa shape index (κ2) is 5.13. The van der Waals surface area contributed by atoms with Crippen LogP contribution in [0.1, 0.15) is 10.4 Å². The summed E-state index contributed by atoms with van der Waals surface area (Å²) in [4.78, 5) is 15.7. The van der Waals surface area contributed by atoms with Crippen molar-refractivity contribution in [2.45, 2.75) is 0 Å². The van der Waals surface area contributed by atoms with Crippen LogP contribution in [0.15, 0.2) is 60.8 Å². The Morgan fingerprint density at radius 2 is 1.75 bits per heavy atom. The molecule has 98 valence electrons. The van der Waals surface area contributed by atoms with E-state index in [0.29, 0.717) is 5.56 Å². The first kappa shape index (κ1) is 12.4. The van der Waals surface area contributed by atoms with Crippen molar-refractivity contribution in [2.24, 2.45) is 0 Å². The van der Waals surface area contributed by atoms with Gasteiger partial charge in [-0.1, -0.05) is 24.3 Å². The quantitative estimate of drug-likeness (QED) is 0.662. The number of hydrogen-bond acceptors (Lipinski definition) is 3. The van der Waals surface area contributed by atoms with E-state index >= 15 is 0 Å². The maximum absolute atomic E-state index is 11.4. The SMILES string of the molecule is COC(=O)c1ccc(-c2ccc3ncccc3c2)cc1. The normalized spacial score (nSPS) is 10.4. The molecule has 0 unspecified atom stereocenters. The van der Waals surface area contributed by atoms with Crippen molar-refractivity contribution >= 4 is 16.9 Å². The lowest BCUT2D eigenvalue weighted by Gasteiger charge is -2.05. The Bertz CT molecular complexity index is 763. The third kappa shape index (κ3) is 2.26. The number of hydrogen-bond donors (Lipinski definition) is 0. The summed E-state index contributed by atoms with van der Waals surface area (Å²) in [5.41, 5.74) is 3.69. The van der Waals surface area contributed by atoms with E-state index in [1.807, 2.05) is 36.4 Å². The first-order chi connectivity index (χ1) is 9.78. The second-order valence-corrected chi connectivity index (χ2v) is 4.48. The molecule has 0 atom stereocenters. The monoisotopic (exact) mass is 263 g/mol. The number of esters is 1. The fourth-order valence-corrected chi connectivity index (χ4v) is 2.17. The van der Waals surface area contributed by atoms with E-state index in [0.717, 1.165) is 22.0 Å². The number of pyridine rings is 1.